The van der Waals surface area contributed by atoms with Crippen LogP contribution in [0, 0.1) is 5.92 Å². The van der Waals surface area contributed by atoms with Crippen molar-refractivity contribution in [1.29, 1.82) is 0 Å². The number of carbonyl (C=O) groups excluding carboxylic acids is 1. The third-order valence-electron chi connectivity index (χ3n) is 3.93. The molecule has 1 fully saturated rings. The molecule has 5 nitrogen and oxygen atoms in total. The van der Waals surface area contributed by atoms with E-state index >= 15 is 0 Å². The standard InChI is InChI=1S/C14H24N2O3/c1-4-16-7-5-12(6-8-16)9-15-13(17)10(2)11(3)14(18)19/h12H,4-9H2,1-3H3,(H,15,17)(H,18,19). The second kappa shape index (κ2) is 7.28. The summed E-state index contributed by atoms with van der Waals surface area (Å²) in [5.74, 6) is -0.800. The van der Waals surface area contributed by atoms with Crippen molar-refractivity contribution in [2.45, 2.75) is 33.6 Å². The Morgan fingerprint density at radius 2 is 1.79 bits per heavy atom. The van der Waals surface area contributed by atoms with Gasteiger partial charge in [-0.2, -0.15) is 0 Å². The number of nitrogens with one attached hydrogen (secondary N) is 1. The average Bonchev–Trinajstić information content (AvgIpc) is 2.43. The Bertz CT molecular complexity index is 369. The lowest BCUT2D eigenvalue weighted by Crippen LogP contribution is -2.38. The maximum atomic E-state index is 11.8. The fourth-order valence-electron chi connectivity index (χ4n) is 2.21. The molecular weight excluding hydrogens is 244 g/mol. The fourth-order valence-corrected chi connectivity index (χ4v) is 2.21. The molecule has 0 aliphatic carbocycles. The summed E-state index contributed by atoms with van der Waals surface area (Å²) in [6.07, 6.45) is 2.18. The van der Waals surface area contributed by atoms with E-state index in [1.165, 1.54) is 6.92 Å². The molecule has 1 heterocycles. The number of rotatable bonds is 5. The lowest BCUT2D eigenvalue weighted by atomic mass is 9.96. The normalized spacial score (nSPS) is 18.9. The summed E-state index contributed by atoms with van der Waals surface area (Å²) >= 11 is 0. The van der Waals surface area contributed by atoms with Gasteiger partial charge in [0.25, 0.3) is 0 Å². The first-order valence-corrected chi connectivity index (χ1v) is 6.87. The largest absolute Gasteiger partial charge is 0.478 e. The van der Waals surface area contributed by atoms with Crippen molar-refractivity contribution >= 4 is 11.9 Å². The maximum Gasteiger partial charge on any atom is 0.331 e. The van der Waals surface area contributed by atoms with Gasteiger partial charge in [0, 0.05) is 17.7 Å². The summed E-state index contributed by atoms with van der Waals surface area (Å²) in [6, 6.07) is 0. The van der Waals surface area contributed by atoms with E-state index in [1.54, 1.807) is 6.92 Å². The molecule has 0 radical (unpaired) electrons. The molecule has 0 atom stereocenters. The second-order valence-electron chi connectivity index (χ2n) is 5.14. The maximum absolute atomic E-state index is 11.8. The van der Waals surface area contributed by atoms with Gasteiger partial charge in [-0.3, -0.25) is 4.79 Å². The zero-order valence-electron chi connectivity index (χ0n) is 12.0. The Morgan fingerprint density at radius 1 is 1.21 bits per heavy atom. The van der Waals surface area contributed by atoms with Crippen LogP contribution in [0.25, 0.3) is 0 Å². The van der Waals surface area contributed by atoms with Crippen LogP contribution in [-0.4, -0.2) is 48.1 Å². The molecule has 0 aromatic carbocycles. The number of carboxylic acid groups (broad SMARTS) is 1. The molecule has 5 heteroatoms. The van der Waals surface area contributed by atoms with Crippen molar-refractivity contribution in [2.75, 3.05) is 26.2 Å². The summed E-state index contributed by atoms with van der Waals surface area (Å²) < 4.78 is 0. The molecule has 2 N–H and O–H groups in total. The van der Waals surface area contributed by atoms with Gasteiger partial charge < -0.3 is 15.3 Å². The number of carbonyl (C=O) groups is 2. The molecule has 0 saturated carbocycles. The van der Waals surface area contributed by atoms with E-state index in [2.05, 4.69) is 17.1 Å². The molecule has 0 unspecified atom stereocenters. The summed E-state index contributed by atoms with van der Waals surface area (Å²) in [5.41, 5.74) is 0.400. The van der Waals surface area contributed by atoms with Gasteiger partial charge in [-0.1, -0.05) is 6.92 Å². The molecule has 1 saturated heterocycles. The minimum Gasteiger partial charge on any atom is -0.478 e. The van der Waals surface area contributed by atoms with Crippen LogP contribution >= 0.6 is 0 Å². The summed E-state index contributed by atoms with van der Waals surface area (Å²) in [4.78, 5) is 25.0. The van der Waals surface area contributed by atoms with Crippen LogP contribution in [0.1, 0.15) is 33.6 Å². The van der Waals surface area contributed by atoms with Crippen LogP contribution in [0.4, 0.5) is 0 Å². The fraction of sp³-hybridized carbons (Fsp3) is 0.714. The van der Waals surface area contributed by atoms with E-state index in [1.807, 2.05) is 0 Å². The number of carboxylic acids is 1. The number of hydrogen-bond acceptors (Lipinski definition) is 3. The number of hydrogen-bond donors (Lipinski definition) is 2. The van der Waals surface area contributed by atoms with Crippen molar-refractivity contribution in [3.63, 3.8) is 0 Å². The highest BCUT2D eigenvalue weighted by Crippen LogP contribution is 2.16. The number of nitrogens with zero attached hydrogens (tertiary/aromatic N) is 1. The van der Waals surface area contributed by atoms with Gasteiger partial charge in [0.1, 0.15) is 0 Å². The van der Waals surface area contributed by atoms with Crippen molar-refractivity contribution in [2.24, 2.45) is 5.92 Å². The number of amides is 1. The van der Waals surface area contributed by atoms with Crippen molar-refractivity contribution < 1.29 is 14.7 Å². The van der Waals surface area contributed by atoms with E-state index in [0.29, 0.717) is 18.0 Å². The van der Waals surface area contributed by atoms with Crippen molar-refractivity contribution in [3.8, 4) is 0 Å². The third kappa shape index (κ3) is 4.67. The Hall–Kier alpha value is -1.36. The topological polar surface area (TPSA) is 69.6 Å². The molecule has 1 aliphatic heterocycles. The molecule has 0 aromatic heterocycles. The Labute approximate surface area is 114 Å². The van der Waals surface area contributed by atoms with Crippen LogP contribution in [0.15, 0.2) is 11.1 Å². The number of likely N-dealkylation sites (tertiary alicyclic amines) is 1. The van der Waals surface area contributed by atoms with Gasteiger partial charge in [-0.05, 0) is 52.2 Å². The van der Waals surface area contributed by atoms with E-state index in [4.69, 9.17) is 5.11 Å². The van der Waals surface area contributed by atoms with E-state index in [0.717, 1.165) is 32.5 Å². The highest BCUT2D eigenvalue weighted by Gasteiger charge is 2.19. The Balaban J connectivity index is 2.39. The van der Waals surface area contributed by atoms with Crippen LogP contribution in [0.2, 0.25) is 0 Å². The highest BCUT2D eigenvalue weighted by atomic mass is 16.4. The molecule has 19 heavy (non-hydrogen) atoms. The lowest BCUT2D eigenvalue weighted by molar-refractivity contribution is -0.133. The predicted molar refractivity (Wildman–Crippen MR) is 73.9 cm³/mol. The van der Waals surface area contributed by atoms with Gasteiger partial charge in [0.2, 0.25) is 5.91 Å². The predicted octanol–water partition coefficient (Wildman–Crippen LogP) is 1.26. The van der Waals surface area contributed by atoms with Crippen molar-refractivity contribution in [3.05, 3.63) is 11.1 Å². The van der Waals surface area contributed by atoms with Gasteiger partial charge in [0.15, 0.2) is 0 Å². The molecule has 108 valence electrons. The first kappa shape index (κ1) is 15.7. The number of piperidine rings is 1. The SMILES string of the molecule is CCN1CCC(CNC(=O)C(C)=C(C)C(=O)O)CC1. The Kier molecular flexibility index (Phi) is 6.02. The summed E-state index contributed by atoms with van der Waals surface area (Å²) in [7, 11) is 0. The van der Waals surface area contributed by atoms with Gasteiger partial charge in [0.05, 0.1) is 0 Å². The van der Waals surface area contributed by atoms with Crippen LogP contribution in [0.5, 0.6) is 0 Å². The molecule has 1 rings (SSSR count). The van der Waals surface area contributed by atoms with Crippen LogP contribution in [0.3, 0.4) is 0 Å². The van der Waals surface area contributed by atoms with Gasteiger partial charge in [-0.15, -0.1) is 0 Å². The summed E-state index contributed by atoms with van der Waals surface area (Å²) in [6.45, 7) is 9.06. The molecule has 0 spiro atoms. The first-order valence-electron chi connectivity index (χ1n) is 6.87. The zero-order valence-corrected chi connectivity index (χ0v) is 12.0. The quantitative estimate of drug-likeness (QED) is 0.736. The van der Waals surface area contributed by atoms with E-state index in [9.17, 15) is 9.59 Å². The average molecular weight is 268 g/mol. The van der Waals surface area contributed by atoms with Crippen LogP contribution < -0.4 is 5.32 Å². The first-order chi connectivity index (χ1) is 8.95. The molecule has 1 aliphatic rings. The number of aliphatic carboxylic acids is 1. The molecule has 1 amide bonds. The minimum atomic E-state index is -1.04. The molecular formula is C14H24N2O3. The zero-order chi connectivity index (χ0) is 14.4. The smallest absolute Gasteiger partial charge is 0.331 e. The molecule has 0 aromatic rings. The highest BCUT2D eigenvalue weighted by molar-refractivity contribution is 6.01. The second-order valence-corrected chi connectivity index (χ2v) is 5.14. The minimum absolute atomic E-state index is 0.110. The van der Waals surface area contributed by atoms with E-state index in [-0.39, 0.29) is 11.5 Å². The Morgan fingerprint density at radius 3 is 2.26 bits per heavy atom. The van der Waals surface area contributed by atoms with E-state index < -0.39 is 5.97 Å². The monoisotopic (exact) mass is 268 g/mol. The lowest BCUT2D eigenvalue weighted by Gasteiger charge is -2.31. The van der Waals surface area contributed by atoms with Gasteiger partial charge >= 0.3 is 5.97 Å². The van der Waals surface area contributed by atoms with Crippen molar-refractivity contribution in [1.82, 2.24) is 10.2 Å². The molecule has 0 bridgehead atoms. The summed E-state index contributed by atoms with van der Waals surface area (Å²) in [5, 5.41) is 11.7. The third-order valence-corrected chi connectivity index (χ3v) is 3.93. The van der Waals surface area contributed by atoms with Gasteiger partial charge in [-0.25, -0.2) is 4.79 Å². The van der Waals surface area contributed by atoms with Crippen LogP contribution in [-0.2, 0) is 9.59 Å².